The predicted octanol–water partition coefficient (Wildman–Crippen LogP) is 3.91. The van der Waals surface area contributed by atoms with Crippen LogP contribution in [0.2, 0.25) is 0 Å². The SMILES string of the molecule is CCCCNc1ccc(C(=O)OCCOC(=O)c2ccccc2)cc1. The van der Waals surface area contributed by atoms with Gasteiger partial charge in [0.15, 0.2) is 0 Å². The first-order chi connectivity index (χ1) is 12.2. The second-order valence-corrected chi connectivity index (χ2v) is 5.50. The number of unbranched alkanes of at least 4 members (excludes halogenated alkanes) is 1. The topological polar surface area (TPSA) is 64.6 Å². The second kappa shape index (κ2) is 10.1. The Hall–Kier alpha value is -2.82. The number of carbonyl (C=O) groups excluding carboxylic acids is 2. The Labute approximate surface area is 148 Å². The van der Waals surface area contributed by atoms with Crippen LogP contribution in [0, 0.1) is 0 Å². The highest BCUT2D eigenvalue weighted by atomic mass is 16.6. The van der Waals surface area contributed by atoms with Crippen molar-refractivity contribution in [3.63, 3.8) is 0 Å². The zero-order chi connectivity index (χ0) is 17.9. The Morgan fingerprint density at radius 1 is 0.840 bits per heavy atom. The molecule has 0 fully saturated rings. The molecule has 0 aliphatic rings. The molecule has 2 aromatic rings. The standard InChI is InChI=1S/C20H23NO4/c1-2-3-13-21-18-11-9-17(10-12-18)20(23)25-15-14-24-19(22)16-7-5-4-6-8-16/h4-12,21H,2-3,13-15H2,1H3. The summed E-state index contributed by atoms with van der Waals surface area (Å²) in [5, 5.41) is 3.28. The maximum absolute atomic E-state index is 11.9. The van der Waals surface area contributed by atoms with E-state index in [9.17, 15) is 9.59 Å². The first kappa shape index (κ1) is 18.5. The maximum Gasteiger partial charge on any atom is 0.338 e. The third-order valence-electron chi connectivity index (χ3n) is 3.54. The summed E-state index contributed by atoms with van der Waals surface area (Å²) in [4.78, 5) is 23.7. The molecule has 132 valence electrons. The number of anilines is 1. The Kier molecular flexibility index (Phi) is 7.50. The number of carbonyl (C=O) groups is 2. The summed E-state index contributed by atoms with van der Waals surface area (Å²) in [5.41, 5.74) is 1.91. The number of nitrogens with one attached hydrogen (secondary N) is 1. The highest BCUT2D eigenvalue weighted by Crippen LogP contribution is 2.11. The van der Waals surface area contributed by atoms with Gasteiger partial charge in [-0.2, -0.15) is 0 Å². The van der Waals surface area contributed by atoms with E-state index in [1.54, 1.807) is 36.4 Å². The summed E-state index contributed by atoms with van der Waals surface area (Å²) in [7, 11) is 0. The quantitative estimate of drug-likeness (QED) is 0.553. The molecule has 5 heteroatoms. The lowest BCUT2D eigenvalue weighted by atomic mass is 10.2. The normalized spacial score (nSPS) is 10.1. The highest BCUT2D eigenvalue weighted by molar-refractivity contribution is 5.90. The van der Waals surface area contributed by atoms with Gasteiger partial charge in [0, 0.05) is 12.2 Å². The Balaban J connectivity index is 1.70. The monoisotopic (exact) mass is 341 g/mol. The van der Waals surface area contributed by atoms with Crippen molar-refractivity contribution < 1.29 is 19.1 Å². The molecule has 2 rings (SSSR count). The summed E-state index contributed by atoms with van der Waals surface area (Å²) in [6.07, 6.45) is 2.23. The van der Waals surface area contributed by atoms with E-state index in [-0.39, 0.29) is 13.2 Å². The highest BCUT2D eigenvalue weighted by Gasteiger charge is 2.09. The number of rotatable bonds is 9. The number of benzene rings is 2. The van der Waals surface area contributed by atoms with Crippen molar-refractivity contribution in [1.29, 1.82) is 0 Å². The molecule has 0 aliphatic heterocycles. The molecule has 0 unspecified atom stereocenters. The lowest BCUT2D eigenvalue weighted by Gasteiger charge is -2.08. The fraction of sp³-hybridized carbons (Fsp3) is 0.300. The third kappa shape index (κ3) is 6.30. The van der Waals surface area contributed by atoms with E-state index in [2.05, 4.69) is 12.2 Å². The van der Waals surface area contributed by atoms with Crippen molar-refractivity contribution in [2.24, 2.45) is 0 Å². The maximum atomic E-state index is 11.9. The van der Waals surface area contributed by atoms with Crippen molar-refractivity contribution in [3.8, 4) is 0 Å². The van der Waals surface area contributed by atoms with Gasteiger partial charge in [0.05, 0.1) is 11.1 Å². The van der Waals surface area contributed by atoms with E-state index < -0.39 is 11.9 Å². The van der Waals surface area contributed by atoms with Crippen LogP contribution in [0.1, 0.15) is 40.5 Å². The lowest BCUT2D eigenvalue weighted by molar-refractivity contribution is 0.0265. The molecule has 0 amide bonds. The average molecular weight is 341 g/mol. The number of hydrogen-bond acceptors (Lipinski definition) is 5. The average Bonchev–Trinajstić information content (AvgIpc) is 2.66. The van der Waals surface area contributed by atoms with Crippen molar-refractivity contribution in [1.82, 2.24) is 0 Å². The van der Waals surface area contributed by atoms with Gasteiger partial charge >= 0.3 is 11.9 Å². The fourth-order valence-corrected chi connectivity index (χ4v) is 2.14. The Morgan fingerprint density at radius 3 is 1.96 bits per heavy atom. The largest absolute Gasteiger partial charge is 0.458 e. The smallest absolute Gasteiger partial charge is 0.338 e. The van der Waals surface area contributed by atoms with Gasteiger partial charge in [-0.3, -0.25) is 0 Å². The molecule has 1 N–H and O–H groups in total. The van der Waals surface area contributed by atoms with Gasteiger partial charge in [-0.15, -0.1) is 0 Å². The van der Waals surface area contributed by atoms with Crippen LogP contribution in [0.15, 0.2) is 54.6 Å². The summed E-state index contributed by atoms with van der Waals surface area (Å²) in [5.74, 6) is -0.866. The second-order valence-electron chi connectivity index (χ2n) is 5.50. The first-order valence-corrected chi connectivity index (χ1v) is 8.44. The molecule has 0 saturated heterocycles. The zero-order valence-electron chi connectivity index (χ0n) is 14.4. The van der Waals surface area contributed by atoms with Crippen LogP contribution in [0.3, 0.4) is 0 Å². The number of esters is 2. The predicted molar refractivity (Wildman–Crippen MR) is 96.8 cm³/mol. The number of hydrogen-bond donors (Lipinski definition) is 1. The Bertz CT molecular complexity index is 668. The van der Waals surface area contributed by atoms with E-state index in [1.165, 1.54) is 0 Å². The van der Waals surface area contributed by atoms with Gasteiger partial charge in [-0.1, -0.05) is 31.5 Å². The molecule has 2 aromatic carbocycles. The first-order valence-electron chi connectivity index (χ1n) is 8.44. The van der Waals surface area contributed by atoms with Crippen LogP contribution >= 0.6 is 0 Å². The minimum absolute atomic E-state index is 0.0217. The molecular formula is C20H23NO4. The van der Waals surface area contributed by atoms with E-state index >= 15 is 0 Å². The van der Waals surface area contributed by atoms with Crippen molar-refractivity contribution in [2.45, 2.75) is 19.8 Å². The Morgan fingerprint density at radius 2 is 1.40 bits per heavy atom. The van der Waals surface area contributed by atoms with Gasteiger partial charge < -0.3 is 14.8 Å². The molecular weight excluding hydrogens is 318 g/mol. The van der Waals surface area contributed by atoms with Crippen molar-refractivity contribution >= 4 is 17.6 Å². The summed E-state index contributed by atoms with van der Waals surface area (Å²) in [6.45, 7) is 3.09. The molecule has 0 spiro atoms. The van der Waals surface area contributed by atoms with Crippen LogP contribution in [0.4, 0.5) is 5.69 Å². The van der Waals surface area contributed by atoms with Crippen LogP contribution in [-0.2, 0) is 9.47 Å². The van der Waals surface area contributed by atoms with Gasteiger partial charge in [-0.05, 0) is 42.8 Å². The molecule has 0 bridgehead atoms. The molecule has 5 nitrogen and oxygen atoms in total. The van der Waals surface area contributed by atoms with E-state index in [0.717, 1.165) is 25.1 Å². The van der Waals surface area contributed by atoms with E-state index in [0.29, 0.717) is 11.1 Å². The van der Waals surface area contributed by atoms with Crippen molar-refractivity contribution in [2.75, 3.05) is 25.1 Å². The zero-order valence-corrected chi connectivity index (χ0v) is 14.4. The molecule has 0 aliphatic carbocycles. The summed E-state index contributed by atoms with van der Waals surface area (Å²) in [6, 6.07) is 15.8. The van der Waals surface area contributed by atoms with Gasteiger partial charge in [0.2, 0.25) is 0 Å². The molecule has 0 heterocycles. The van der Waals surface area contributed by atoms with Crippen LogP contribution in [0.5, 0.6) is 0 Å². The van der Waals surface area contributed by atoms with Gasteiger partial charge in [0.1, 0.15) is 13.2 Å². The van der Waals surface area contributed by atoms with Crippen LogP contribution in [-0.4, -0.2) is 31.7 Å². The number of ether oxygens (including phenoxy) is 2. The molecule has 0 radical (unpaired) electrons. The van der Waals surface area contributed by atoms with Gasteiger partial charge in [-0.25, -0.2) is 9.59 Å². The summed E-state index contributed by atoms with van der Waals surface area (Å²) >= 11 is 0. The minimum atomic E-state index is -0.434. The molecule has 0 atom stereocenters. The van der Waals surface area contributed by atoms with Crippen LogP contribution in [0.25, 0.3) is 0 Å². The van der Waals surface area contributed by atoms with E-state index in [1.807, 2.05) is 18.2 Å². The molecule has 0 saturated carbocycles. The third-order valence-corrected chi connectivity index (χ3v) is 3.54. The summed E-state index contributed by atoms with van der Waals surface area (Å²) < 4.78 is 10.2. The lowest BCUT2D eigenvalue weighted by Crippen LogP contribution is -2.14. The fourth-order valence-electron chi connectivity index (χ4n) is 2.14. The van der Waals surface area contributed by atoms with Gasteiger partial charge in [0.25, 0.3) is 0 Å². The van der Waals surface area contributed by atoms with Crippen LogP contribution < -0.4 is 5.32 Å². The van der Waals surface area contributed by atoms with Crippen molar-refractivity contribution in [3.05, 3.63) is 65.7 Å². The minimum Gasteiger partial charge on any atom is -0.458 e. The molecule has 25 heavy (non-hydrogen) atoms. The van der Waals surface area contributed by atoms with E-state index in [4.69, 9.17) is 9.47 Å². The molecule has 0 aromatic heterocycles.